The van der Waals surface area contributed by atoms with Crippen LogP contribution in [0.15, 0.2) is 83.3 Å². The number of hydrogen-bond acceptors (Lipinski definition) is 1. The number of aryl methyl sites for hydroxylation is 2. The molecule has 0 bridgehead atoms. The molecule has 0 radical (unpaired) electrons. The van der Waals surface area contributed by atoms with Crippen LogP contribution in [0.4, 0.5) is 4.39 Å². The number of furan rings is 1. The molecule has 0 aliphatic rings. The molecule has 0 unspecified atom stereocenters. The van der Waals surface area contributed by atoms with Gasteiger partial charge in [-0.05, 0) is 48.7 Å². The van der Waals surface area contributed by atoms with Crippen molar-refractivity contribution in [3.05, 3.63) is 95.8 Å². The highest BCUT2D eigenvalue weighted by Crippen LogP contribution is 2.40. The summed E-state index contributed by atoms with van der Waals surface area (Å²) < 4.78 is 24.9. The lowest BCUT2D eigenvalue weighted by atomic mass is 10.00. The van der Waals surface area contributed by atoms with Crippen LogP contribution in [0.5, 0.6) is 0 Å². The van der Waals surface area contributed by atoms with Gasteiger partial charge in [0.05, 0.1) is 7.05 Å². The molecule has 0 spiro atoms. The number of fused-ring (bicyclic) bond motifs is 4. The van der Waals surface area contributed by atoms with Crippen LogP contribution in [-0.4, -0.2) is 4.57 Å². The van der Waals surface area contributed by atoms with Crippen LogP contribution in [-0.2, 0) is 7.05 Å². The quantitative estimate of drug-likeness (QED) is 0.255. The standard InChI is InChI=1S/C30H26FN2O/c1-18(2)21-9-5-6-10-24(21)33-26-12-8-7-11-25(26)32(4)30(33)28-19(3)13-15-23-22-16-14-20(31)17-27(22)34-29(23)28/h5-18H,1-4H3/q+1. The molecule has 0 fully saturated rings. The summed E-state index contributed by atoms with van der Waals surface area (Å²) in [5.41, 5.74) is 8.17. The molecule has 34 heavy (non-hydrogen) atoms. The monoisotopic (exact) mass is 449 g/mol. The van der Waals surface area contributed by atoms with Gasteiger partial charge in [-0.3, -0.25) is 0 Å². The first-order valence-electron chi connectivity index (χ1n) is 11.7. The first-order valence-corrected chi connectivity index (χ1v) is 11.7. The van der Waals surface area contributed by atoms with E-state index in [0.29, 0.717) is 11.5 Å². The van der Waals surface area contributed by atoms with Gasteiger partial charge < -0.3 is 4.42 Å². The van der Waals surface area contributed by atoms with Gasteiger partial charge in [-0.2, -0.15) is 4.57 Å². The molecule has 0 saturated carbocycles. The fraction of sp³-hybridized carbons (Fsp3) is 0.167. The Hall–Kier alpha value is -3.92. The topological polar surface area (TPSA) is 21.9 Å². The normalized spacial score (nSPS) is 11.9. The first-order chi connectivity index (χ1) is 16.5. The fourth-order valence-corrected chi connectivity index (χ4v) is 5.21. The fourth-order valence-electron chi connectivity index (χ4n) is 5.21. The molecule has 168 valence electrons. The van der Waals surface area contributed by atoms with Crippen molar-refractivity contribution in [3.8, 4) is 17.1 Å². The molecule has 0 N–H and O–H groups in total. The minimum absolute atomic E-state index is 0.296. The third-order valence-corrected chi connectivity index (χ3v) is 6.85. The van der Waals surface area contributed by atoms with Crippen molar-refractivity contribution in [2.75, 3.05) is 0 Å². The van der Waals surface area contributed by atoms with Crippen molar-refractivity contribution in [3.63, 3.8) is 0 Å². The van der Waals surface area contributed by atoms with Crippen LogP contribution < -0.4 is 4.57 Å². The first kappa shape index (κ1) is 20.7. The largest absolute Gasteiger partial charge is 0.455 e. The Morgan fingerprint density at radius 2 is 1.62 bits per heavy atom. The van der Waals surface area contributed by atoms with E-state index in [2.05, 4.69) is 97.6 Å². The molecule has 0 atom stereocenters. The lowest BCUT2D eigenvalue weighted by Gasteiger charge is -2.12. The average Bonchev–Trinajstić information content (AvgIpc) is 3.33. The third kappa shape index (κ3) is 2.91. The van der Waals surface area contributed by atoms with Crippen LogP contribution in [0.1, 0.15) is 30.9 Å². The van der Waals surface area contributed by atoms with Gasteiger partial charge >= 0.3 is 0 Å². The lowest BCUT2D eigenvalue weighted by molar-refractivity contribution is -0.633. The lowest BCUT2D eigenvalue weighted by Crippen LogP contribution is -2.30. The van der Waals surface area contributed by atoms with Crippen molar-refractivity contribution in [1.82, 2.24) is 4.57 Å². The Balaban J connectivity index is 1.80. The average molecular weight is 450 g/mol. The molecular weight excluding hydrogens is 423 g/mol. The molecule has 3 nitrogen and oxygen atoms in total. The Bertz CT molecular complexity index is 1720. The minimum Gasteiger partial charge on any atom is -0.455 e. The van der Waals surface area contributed by atoms with Gasteiger partial charge in [-0.1, -0.05) is 56.3 Å². The highest BCUT2D eigenvalue weighted by atomic mass is 19.1. The summed E-state index contributed by atoms with van der Waals surface area (Å²) in [7, 11) is 2.10. The molecule has 4 aromatic carbocycles. The number of halogens is 1. The van der Waals surface area contributed by atoms with E-state index in [1.54, 1.807) is 6.07 Å². The van der Waals surface area contributed by atoms with Crippen LogP contribution in [0.25, 0.3) is 50.0 Å². The Morgan fingerprint density at radius 1 is 0.882 bits per heavy atom. The smallest absolute Gasteiger partial charge is 0.298 e. The van der Waals surface area contributed by atoms with Gasteiger partial charge in [0.2, 0.25) is 0 Å². The van der Waals surface area contributed by atoms with Crippen molar-refractivity contribution < 1.29 is 13.4 Å². The molecule has 0 saturated heterocycles. The second kappa shape index (κ2) is 7.56. The summed E-state index contributed by atoms with van der Waals surface area (Å²) in [4.78, 5) is 0. The molecule has 6 aromatic rings. The summed E-state index contributed by atoms with van der Waals surface area (Å²) in [6, 6.07) is 26.0. The zero-order chi connectivity index (χ0) is 23.6. The summed E-state index contributed by atoms with van der Waals surface area (Å²) in [6.45, 7) is 6.56. The zero-order valence-corrected chi connectivity index (χ0v) is 19.8. The maximum Gasteiger partial charge on any atom is 0.298 e. The van der Waals surface area contributed by atoms with Crippen molar-refractivity contribution in [1.29, 1.82) is 0 Å². The van der Waals surface area contributed by atoms with Gasteiger partial charge in [0.15, 0.2) is 16.6 Å². The maximum absolute atomic E-state index is 14.0. The van der Waals surface area contributed by atoms with E-state index in [-0.39, 0.29) is 5.82 Å². The molecular formula is C30H26FN2O+. The number of benzene rings is 4. The molecule has 2 aromatic heterocycles. The van der Waals surface area contributed by atoms with Gasteiger partial charge in [-0.15, -0.1) is 0 Å². The highest BCUT2D eigenvalue weighted by molar-refractivity contribution is 6.09. The van der Waals surface area contributed by atoms with Gasteiger partial charge in [0.25, 0.3) is 5.82 Å². The highest BCUT2D eigenvalue weighted by Gasteiger charge is 2.31. The van der Waals surface area contributed by atoms with Crippen LogP contribution >= 0.6 is 0 Å². The third-order valence-electron chi connectivity index (χ3n) is 6.85. The molecule has 0 aliphatic carbocycles. The van der Waals surface area contributed by atoms with E-state index in [4.69, 9.17) is 4.42 Å². The zero-order valence-electron chi connectivity index (χ0n) is 19.8. The van der Waals surface area contributed by atoms with E-state index >= 15 is 0 Å². The number of hydrogen-bond donors (Lipinski definition) is 0. The Kier molecular flexibility index (Phi) is 4.59. The van der Waals surface area contributed by atoms with Crippen LogP contribution in [0.2, 0.25) is 0 Å². The summed E-state index contributed by atoms with van der Waals surface area (Å²) in [5.74, 6) is 1.11. The summed E-state index contributed by atoms with van der Waals surface area (Å²) in [5, 5.41) is 1.91. The number of para-hydroxylation sites is 3. The predicted octanol–water partition coefficient (Wildman–Crippen LogP) is 7.59. The Morgan fingerprint density at radius 3 is 2.44 bits per heavy atom. The Labute approximate surface area is 197 Å². The molecule has 0 aliphatic heterocycles. The van der Waals surface area contributed by atoms with E-state index in [0.717, 1.165) is 50.0 Å². The second-order valence-corrected chi connectivity index (χ2v) is 9.30. The van der Waals surface area contributed by atoms with Crippen LogP contribution in [0.3, 0.4) is 0 Å². The van der Waals surface area contributed by atoms with Crippen molar-refractivity contribution in [2.45, 2.75) is 26.7 Å². The number of aromatic nitrogens is 2. The molecule has 2 heterocycles. The molecule has 4 heteroatoms. The number of imidazole rings is 1. The van der Waals surface area contributed by atoms with Gasteiger partial charge in [-0.25, -0.2) is 8.96 Å². The van der Waals surface area contributed by atoms with E-state index < -0.39 is 0 Å². The molecule has 6 rings (SSSR count). The van der Waals surface area contributed by atoms with Gasteiger partial charge in [0.1, 0.15) is 22.7 Å². The predicted molar refractivity (Wildman–Crippen MR) is 136 cm³/mol. The summed E-state index contributed by atoms with van der Waals surface area (Å²) >= 11 is 0. The van der Waals surface area contributed by atoms with Gasteiger partial charge in [0, 0.05) is 22.4 Å². The summed E-state index contributed by atoms with van der Waals surface area (Å²) in [6.07, 6.45) is 0. The van der Waals surface area contributed by atoms with Crippen molar-refractivity contribution in [2.24, 2.45) is 7.05 Å². The second-order valence-electron chi connectivity index (χ2n) is 9.30. The van der Waals surface area contributed by atoms with E-state index in [1.807, 2.05) is 0 Å². The number of nitrogens with zero attached hydrogens (tertiary/aromatic N) is 2. The molecule has 0 amide bonds. The van der Waals surface area contributed by atoms with E-state index in [9.17, 15) is 4.39 Å². The number of rotatable bonds is 3. The van der Waals surface area contributed by atoms with Crippen LogP contribution in [0, 0.1) is 12.7 Å². The minimum atomic E-state index is -0.296. The SMILES string of the molecule is Cc1ccc2c(oc3cc(F)ccc32)c1-c1n(-c2ccccc2C(C)C)c2ccccc2[n+]1C. The van der Waals surface area contributed by atoms with Crippen molar-refractivity contribution >= 4 is 33.0 Å². The van der Waals surface area contributed by atoms with E-state index in [1.165, 1.54) is 17.7 Å². The maximum atomic E-state index is 14.0.